The first-order valence-electron chi connectivity index (χ1n) is 10.5. The number of methoxy groups -OCH3 is 1. The molecular weight excluding hydrogens is 458 g/mol. The molecule has 0 N–H and O–H groups in total. The van der Waals surface area contributed by atoms with Gasteiger partial charge in [-0.15, -0.1) is 0 Å². The number of piperazine rings is 1. The van der Waals surface area contributed by atoms with E-state index in [2.05, 4.69) is 38.4 Å². The number of hydrogen-bond donors (Lipinski definition) is 0. The van der Waals surface area contributed by atoms with E-state index in [1.807, 2.05) is 30.3 Å². The second-order valence-corrected chi connectivity index (χ2v) is 9.19. The van der Waals surface area contributed by atoms with Crippen LogP contribution in [0.25, 0.3) is 10.9 Å². The van der Waals surface area contributed by atoms with Crippen LogP contribution in [0.5, 0.6) is 5.75 Å². The summed E-state index contributed by atoms with van der Waals surface area (Å²) in [5.41, 5.74) is 3.31. The van der Waals surface area contributed by atoms with Crippen LogP contribution in [-0.2, 0) is 6.42 Å². The van der Waals surface area contributed by atoms with Crippen LogP contribution in [0.2, 0.25) is 0 Å². The number of aromatic nitrogens is 1. The molecule has 1 atom stereocenters. The highest BCUT2D eigenvalue weighted by Gasteiger charge is 2.28. The summed E-state index contributed by atoms with van der Waals surface area (Å²) in [6.45, 7) is 4.75. The largest absolute Gasteiger partial charge is 0.497 e. The number of carbonyl (C=O) groups excluding carboxylic acids is 1. The Morgan fingerprint density at radius 1 is 1.10 bits per heavy atom. The van der Waals surface area contributed by atoms with E-state index >= 15 is 0 Å². The topological polar surface area (TPSA) is 54.8 Å². The van der Waals surface area contributed by atoms with Gasteiger partial charge in [0.25, 0.3) is 5.91 Å². The van der Waals surface area contributed by atoms with Crippen molar-refractivity contribution in [3.63, 3.8) is 0 Å². The zero-order valence-electron chi connectivity index (χ0n) is 17.6. The van der Waals surface area contributed by atoms with Gasteiger partial charge in [-0.3, -0.25) is 9.59 Å². The number of ether oxygens (including phenoxy) is 1. The van der Waals surface area contributed by atoms with Gasteiger partial charge in [0.2, 0.25) is 5.43 Å². The van der Waals surface area contributed by atoms with Crippen LogP contribution in [0.15, 0.2) is 51.9 Å². The van der Waals surface area contributed by atoms with Gasteiger partial charge in [-0.2, -0.15) is 0 Å². The van der Waals surface area contributed by atoms with Gasteiger partial charge in [0.15, 0.2) is 0 Å². The minimum Gasteiger partial charge on any atom is -0.497 e. The van der Waals surface area contributed by atoms with Gasteiger partial charge in [-0.05, 0) is 55.3 Å². The van der Waals surface area contributed by atoms with Gasteiger partial charge in [0, 0.05) is 54.0 Å². The van der Waals surface area contributed by atoms with E-state index in [0.717, 1.165) is 46.5 Å². The highest BCUT2D eigenvalue weighted by Crippen LogP contribution is 2.33. The summed E-state index contributed by atoms with van der Waals surface area (Å²) < 4.78 is 8.20. The number of nitrogens with zero attached hydrogens (tertiary/aromatic N) is 3. The van der Waals surface area contributed by atoms with Crippen molar-refractivity contribution in [2.24, 2.45) is 0 Å². The zero-order chi connectivity index (χ0) is 21.7. The molecule has 1 aromatic heterocycles. The van der Waals surface area contributed by atoms with Crippen LogP contribution < -0.4 is 15.1 Å². The molecule has 3 heterocycles. The summed E-state index contributed by atoms with van der Waals surface area (Å²) in [5.74, 6) is 0.650. The molecule has 0 spiro atoms. The molecule has 0 saturated carbocycles. The Balaban J connectivity index is 1.40. The molecule has 6 nitrogen and oxygen atoms in total. The lowest BCUT2D eigenvalue weighted by atomic mass is 10.1. The number of pyridine rings is 1. The molecule has 1 saturated heterocycles. The van der Waals surface area contributed by atoms with E-state index in [1.165, 1.54) is 0 Å². The first-order valence-corrected chi connectivity index (χ1v) is 11.3. The van der Waals surface area contributed by atoms with Gasteiger partial charge >= 0.3 is 0 Å². The number of hydrogen-bond acceptors (Lipinski definition) is 4. The summed E-state index contributed by atoms with van der Waals surface area (Å²) in [5, 5.41) is 0.622. The summed E-state index contributed by atoms with van der Waals surface area (Å²) in [6.07, 6.45) is 2.64. The minimum atomic E-state index is -0.175. The monoisotopic (exact) mass is 481 g/mol. The fourth-order valence-electron chi connectivity index (χ4n) is 4.74. The lowest BCUT2D eigenvalue weighted by molar-refractivity contribution is 0.0745. The maximum Gasteiger partial charge on any atom is 0.259 e. The van der Waals surface area contributed by atoms with Crippen LogP contribution in [-0.4, -0.2) is 48.7 Å². The van der Waals surface area contributed by atoms with E-state index in [1.54, 1.807) is 18.2 Å². The lowest BCUT2D eigenvalue weighted by Gasteiger charge is -2.36. The first-order chi connectivity index (χ1) is 15.0. The fraction of sp³-hybridized carbons (Fsp3) is 0.333. The maximum absolute atomic E-state index is 13.3. The van der Waals surface area contributed by atoms with Crippen LogP contribution in [0.1, 0.15) is 28.9 Å². The number of amides is 1. The second kappa shape index (κ2) is 7.71. The van der Waals surface area contributed by atoms with E-state index in [4.69, 9.17) is 4.74 Å². The van der Waals surface area contributed by atoms with E-state index in [9.17, 15) is 9.59 Å². The molecule has 160 valence electrons. The third kappa shape index (κ3) is 3.41. The molecule has 3 aromatic rings. The summed E-state index contributed by atoms with van der Waals surface area (Å²) in [4.78, 5) is 30.6. The van der Waals surface area contributed by atoms with Crippen molar-refractivity contribution in [3.8, 4) is 5.75 Å². The smallest absolute Gasteiger partial charge is 0.259 e. The van der Waals surface area contributed by atoms with Gasteiger partial charge < -0.3 is 19.1 Å². The average molecular weight is 482 g/mol. The molecule has 2 aliphatic heterocycles. The minimum absolute atomic E-state index is 0.175. The quantitative estimate of drug-likeness (QED) is 0.569. The van der Waals surface area contributed by atoms with E-state index in [0.29, 0.717) is 18.5 Å². The SMILES string of the molecule is COc1ccc(N2CCN(C(=O)c3cn4c5c(cc(Br)cc5c3=O)CC4C)CC2)cc1. The molecule has 31 heavy (non-hydrogen) atoms. The molecule has 0 bridgehead atoms. The van der Waals surface area contributed by atoms with E-state index < -0.39 is 0 Å². The molecule has 7 heteroatoms. The van der Waals surface area contributed by atoms with Crippen molar-refractivity contribution in [1.29, 1.82) is 0 Å². The molecule has 2 aliphatic rings. The summed E-state index contributed by atoms with van der Waals surface area (Å²) >= 11 is 3.52. The molecule has 0 radical (unpaired) electrons. The fourth-order valence-corrected chi connectivity index (χ4v) is 5.25. The number of rotatable bonds is 3. The van der Waals surface area contributed by atoms with Crippen molar-refractivity contribution in [1.82, 2.24) is 9.47 Å². The molecular formula is C24H24BrN3O3. The van der Waals surface area contributed by atoms with Crippen LogP contribution in [0, 0.1) is 0 Å². The maximum atomic E-state index is 13.3. The number of anilines is 1. The first kappa shape index (κ1) is 20.1. The Morgan fingerprint density at radius 3 is 2.48 bits per heavy atom. The zero-order valence-corrected chi connectivity index (χ0v) is 19.2. The van der Waals surface area contributed by atoms with Crippen LogP contribution >= 0.6 is 15.9 Å². The third-order valence-electron chi connectivity index (χ3n) is 6.39. The van der Waals surface area contributed by atoms with E-state index in [-0.39, 0.29) is 22.9 Å². The predicted octanol–water partition coefficient (Wildman–Crippen LogP) is 3.85. The molecule has 1 unspecified atom stereocenters. The third-order valence-corrected chi connectivity index (χ3v) is 6.85. The molecule has 0 aliphatic carbocycles. The van der Waals surface area contributed by atoms with Gasteiger partial charge in [0.05, 0.1) is 12.6 Å². The molecule has 1 amide bonds. The highest BCUT2D eigenvalue weighted by molar-refractivity contribution is 9.10. The Bertz CT molecular complexity index is 1230. The normalized spacial score (nSPS) is 18.0. The lowest BCUT2D eigenvalue weighted by Crippen LogP contribution is -2.49. The molecule has 2 aromatic carbocycles. The Kier molecular flexibility index (Phi) is 5.01. The predicted molar refractivity (Wildman–Crippen MR) is 125 cm³/mol. The van der Waals surface area contributed by atoms with Crippen LogP contribution in [0.4, 0.5) is 5.69 Å². The molecule has 5 rings (SSSR count). The van der Waals surface area contributed by atoms with Crippen molar-refractivity contribution in [3.05, 3.63) is 68.4 Å². The average Bonchev–Trinajstić information content (AvgIpc) is 3.10. The van der Waals surface area contributed by atoms with Gasteiger partial charge in [-0.25, -0.2) is 0 Å². The highest BCUT2D eigenvalue weighted by atomic mass is 79.9. The van der Waals surface area contributed by atoms with Crippen molar-refractivity contribution >= 4 is 38.4 Å². The molecule has 1 fully saturated rings. The second-order valence-electron chi connectivity index (χ2n) is 8.27. The Morgan fingerprint density at radius 2 is 1.81 bits per heavy atom. The number of benzene rings is 2. The van der Waals surface area contributed by atoms with Crippen molar-refractivity contribution < 1.29 is 9.53 Å². The van der Waals surface area contributed by atoms with Gasteiger partial charge in [0.1, 0.15) is 11.3 Å². The van der Waals surface area contributed by atoms with Crippen LogP contribution in [0.3, 0.4) is 0 Å². The standard InChI is InChI=1S/C24H24BrN3O3/c1-15-11-16-12-17(25)13-20-22(16)28(15)14-21(23(20)29)24(30)27-9-7-26(8-10-27)18-3-5-19(31-2)6-4-18/h3-6,12-15H,7-11H2,1-2H3. The van der Waals surface area contributed by atoms with Gasteiger partial charge in [-0.1, -0.05) is 15.9 Å². The number of carbonyl (C=O) groups is 1. The Labute approximate surface area is 189 Å². The Hall–Kier alpha value is -2.80. The van der Waals surface area contributed by atoms with Crippen molar-refractivity contribution in [2.45, 2.75) is 19.4 Å². The van der Waals surface area contributed by atoms with Crippen molar-refractivity contribution in [2.75, 3.05) is 38.2 Å². The summed E-state index contributed by atoms with van der Waals surface area (Å²) in [7, 11) is 1.65. The number of halogens is 1. The summed E-state index contributed by atoms with van der Waals surface area (Å²) in [6, 6.07) is 12.1.